The van der Waals surface area contributed by atoms with E-state index in [1.54, 1.807) is 12.1 Å². The molecule has 0 radical (unpaired) electrons. The average Bonchev–Trinajstić information content (AvgIpc) is 3.05. The molecule has 0 saturated carbocycles. The summed E-state index contributed by atoms with van der Waals surface area (Å²) in [6.45, 7) is 9.06. The second-order valence-electron chi connectivity index (χ2n) is 8.07. The lowest BCUT2D eigenvalue weighted by Crippen LogP contribution is -2.51. The van der Waals surface area contributed by atoms with Crippen molar-refractivity contribution in [3.8, 4) is 0 Å². The summed E-state index contributed by atoms with van der Waals surface area (Å²) in [7, 11) is -4.01. The lowest BCUT2D eigenvalue weighted by molar-refractivity contribution is -0.170. The van der Waals surface area contributed by atoms with Crippen molar-refractivity contribution in [2.75, 3.05) is 13.2 Å². The number of esters is 1. The molecule has 0 bridgehead atoms. The predicted octanol–water partition coefficient (Wildman–Crippen LogP) is 2.21. The first-order valence-electron chi connectivity index (χ1n) is 10.2. The van der Waals surface area contributed by atoms with Crippen LogP contribution in [-0.4, -0.2) is 56.1 Å². The van der Waals surface area contributed by atoms with Crippen LogP contribution in [0.1, 0.15) is 46.1 Å². The molecule has 1 amide bonds. The van der Waals surface area contributed by atoms with Crippen LogP contribution in [0.25, 0.3) is 0 Å². The SMILES string of the molecule is CC(=O)O[C@@H]1OCC[C@@H]1NC[C@@H](CC(C)C)N(C(C)=O)S(=O)(=O)c1ccc(C)cc1. The van der Waals surface area contributed by atoms with E-state index in [1.807, 2.05) is 20.8 Å². The predicted molar refractivity (Wildman–Crippen MR) is 112 cm³/mol. The van der Waals surface area contributed by atoms with Gasteiger partial charge in [0.05, 0.1) is 23.6 Å². The largest absolute Gasteiger partial charge is 0.434 e. The Hall–Kier alpha value is -1.97. The normalized spacial score (nSPS) is 20.2. The van der Waals surface area contributed by atoms with Crippen molar-refractivity contribution >= 4 is 21.9 Å². The van der Waals surface area contributed by atoms with Gasteiger partial charge in [0, 0.05) is 20.4 Å². The minimum Gasteiger partial charge on any atom is -0.434 e. The van der Waals surface area contributed by atoms with Crippen LogP contribution in [0.2, 0.25) is 0 Å². The van der Waals surface area contributed by atoms with Crippen molar-refractivity contribution < 1.29 is 27.5 Å². The zero-order valence-electron chi connectivity index (χ0n) is 18.3. The highest BCUT2D eigenvalue weighted by Crippen LogP contribution is 2.23. The van der Waals surface area contributed by atoms with Crippen LogP contribution in [0.15, 0.2) is 29.2 Å². The molecule has 1 saturated heterocycles. The third kappa shape index (κ3) is 6.26. The van der Waals surface area contributed by atoms with E-state index in [0.717, 1.165) is 9.87 Å². The van der Waals surface area contributed by atoms with Crippen molar-refractivity contribution in [1.29, 1.82) is 0 Å². The maximum Gasteiger partial charge on any atom is 0.304 e. The molecule has 168 valence electrons. The molecular formula is C21H32N2O6S. The number of nitrogens with zero attached hydrogens (tertiary/aromatic N) is 1. The van der Waals surface area contributed by atoms with Gasteiger partial charge in [-0.15, -0.1) is 0 Å². The number of benzene rings is 1. The molecule has 1 aromatic rings. The standard InChI is InChI=1S/C21H32N2O6S/c1-14(2)12-18(13-22-20-10-11-28-21(20)29-17(5)25)23(16(4)24)30(26,27)19-8-6-15(3)7-9-19/h6-9,14,18,20-22H,10-13H2,1-5H3/t18-,20+,21+/m1/s1. The number of amides is 1. The fraction of sp³-hybridized carbons (Fsp3) is 0.619. The number of hydrogen-bond acceptors (Lipinski definition) is 7. The quantitative estimate of drug-likeness (QED) is 0.588. The summed E-state index contributed by atoms with van der Waals surface area (Å²) >= 11 is 0. The molecule has 0 unspecified atom stereocenters. The fourth-order valence-electron chi connectivity index (χ4n) is 3.58. The Kier molecular flexibility index (Phi) is 8.40. The minimum absolute atomic E-state index is 0.0824. The lowest BCUT2D eigenvalue weighted by Gasteiger charge is -2.33. The van der Waals surface area contributed by atoms with Gasteiger partial charge in [-0.2, -0.15) is 0 Å². The molecule has 0 aromatic heterocycles. The highest BCUT2D eigenvalue weighted by atomic mass is 32.2. The molecule has 30 heavy (non-hydrogen) atoms. The first-order valence-corrected chi connectivity index (χ1v) is 11.6. The third-order valence-corrected chi connectivity index (χ3v) is 6.84. The molecule has 2 rings (SSSR count). The molecule has 9 heteroatoms. The first kappa shape index (κ1) is 24.3. The van der Waals surface area contributed by atoms with E-state index in [2.05, 4.69) is 5.32 Å². The minimum atomic E-state index is -4.01. The molecule has 8 nitrogen and oxygen atoms in total. The summed E-state index contributed by atoms with van der Waals surface area (Å²) in [6, 6.07) is 5.59. The van der Waals surface area contributed by atoms with Gasteiger partial charge < -0.3 is 14.8 Å². The monoisotopic (exact) mass is 440 g/mol. The van der Waals surface area contributed by atoms with Gasteiger partial charge in [0.25, 0.3) is 10.0 Å². The van der Waals surface area contributed by atoms with Crippen LogP contribution in [0, 0.1) is 12.8 Å². The lowest BCUT2D eigenvalue weighted by atomic mass is 10.0. The number of ether oxygens (including phenoxy) is 2. The molecule has 1 fully saturated rings. The van der Waals surface area contributed by atoms with Crippen molar-refractivity contribution in [3.05, 3.63) is 29.8 Å². The Bertz CT molecular complexity index is 838. The van der Waals surface area contributed by atoms with Crippen LogP contribution < -0.4 is 5.32 Å². The van der Waals surface area contributed by atoms with E-state index >= 15 is 0 Å². The Morgan fingerprint density at radius 2 is 1.87 bits per heavy atom. The Morgan fingerprint density at radius 3 is 2.40 bits per heavy atom. The van der Waals surface area contributed by atoms with Gasteiger partial charge in [0.2, 0.25) is 12.2 Å². The molecule has 1 heterocycles. The highest BCUT2D eigenvalue weighted by Gasteiger charge is 2.36. The second kappa shape index (κ2) is 10.4. The van der Waals surface area contributed by atoms with Crippen molar-refractivity contribution in [3.63, 3.8) is 0 Å². The number of carbonyl (C=O) groups is 2. The van der Waals surface area contributed by atoms with Gasteiger partial charge in [0.15, 0.2) is 0 Å². The van der Waals surface area contributed by atoms with Gasteiger partial charge in [-0.1, -0.05) is 31.5 Å². The molecule has 0 spiro atoms. The average molecular weight is 441 g/mol. The highest BCUT2D eigenvalue weighted by molar-refractivity contribution is 7.89. The number of rotatable bonds is 9. The van der Waals surface area contributed by atoms with Crippen molar-refractivity contribution in [2.45, 2.75) is 70.7 Å². The van der Waals surface area contributed by atoms with E-state index in [0.29, 0.717) is 19.4 Å². The summed E-state index contributed by atoms with van der Waals surface area (Å²) in [5, 5.41) is 3.25. The Balaban J connectivity index is 2.26. The van der Waals surface area contributed by atoms with Crippen LogP contribution in [0.3, 0.4) is 0 Å². The Labute approximate surface area is 179 Å². The summed E-state index contributed by atoms with van der Waals surface area (Å²) in [6.07, 6.45) is 0.391. The van der Waals surface area contributed by atoms with Gasteiger partial charge in [0.1, 0.15) is 0 Å². The topological polar surface area (TPSA) is 102 Å². The molecule has 0 aliphatic carbocycles. The number of aryl methyl sites for hydroxylation is 1. The maximum atomic E-state index is 13.3. The first-order chi connectivity index (χ1) is 14.0. The van der Waals surface area contributed by atoms with Crippen molar-refractivity contribution in [1.82, 2.24) is 9.62 Å². The molecule has 1 aliphatic rings. The molecule has 1 N–H and O–H groups in total. The van der Waals surface area contributed by atoms with Crippen LogP contribution in [0.4, 0.5) is 0 Å². The molecular weight excluding hydrogens is 408 g/mol. The van der Waals surface area contributed by atoms with E-state index in [4.69, 9.17) is 9.47 Å². The zero-order chi connectivity index (χ0) is 22.5. The summed E-state index contributed by atoms with van der Waals surface area (Å²) in [5.74, 6) is -0.821. The smallest absolute Gasteiger partial charge is 0.304 e. The molecule has 3 atom stereocenters. The number of sulfonamides is 1. The number of nitrogens with one attached hydrogen (secondary N) is 1. The van der Waals surface area contributed by atoms with Crippen LogP contribution >= 0.6 is 0 Å². The van der Waals surface area contributed by atoms with Crippen LogP contribution in [0.5, 0.6) is 0 Å². The summed E-state index contributed by atoms with van der Waals surface area (Å²) < 4.78 is 38.2. The van der Waals surface area contributed by atoms with Gasteiger partial charge in [-0.3, -0.25) is 9.59 Å². The second-order valence-corrected chi connectivity index (χ2v) is 9.88. The summed E-state index contributed by atoms with van der Waals surface area (Å²) in [5.41, 5.74) is 0.932. The van der Waals surface area contributed by atoms with E-state index < -0.39 is 34.2 Å². The van der Waals surface area contributed by atoms with Gasteiger partial charge in [-0.25, -0.2) is 12.7 Å². The Morgan fingerprint density at radius 1 is 1.23 bits per heavy atom. The molecule has 1 aliphatic heterocycles. The number of hydrogen-bond donors (Lipinski definition) is 1. The zero-order valence-corrected chi connectivity index (χ0v) is 19.1. The van der Waals surface area contributed by atoms with Crippen molar-refractivity contribution in [2.24, 2.45) is 5.92 Å². The van der Waals surface area contributed by atoms with Gasteiger partial charge >= 0.3 is 5.97 Å². The van der Waals surface area contributed by atoms with Crippen LogP contribution in [-0.2, 0) is 29.1 Å². The van der Waals surface area contributed by atoms with E-state index in [1.165, 1.54) is 26.0 Å². The third-order valence-electron chi connectivity index (χ3n) is 4.90. The van der Waals surface area contributed by atoms with E-state index in [9.17, 15) is 18.0 Å². The fourth-order valence-corrected chi connectivity index (χ4v) is 5.18. The van der Waals surface area contributed by atoms with E-state index in [-0.39, 0.29) is 23.4 Å². The maximum absolute atomic E-state index is 13.3. The molecule has 1 aromatic carbocycles. The number of carbonyl (C=O) groups excluding carboxylic acids is 2. The van der Waals surface area contributed by atoms with Gasteiger partial charge in [-0.05, 0) is 37.8 Å². The summed E-state index contributed by atoms with van der Waals surface area (Å²) in [4.78, 5) is 23.8.